The van der Waals surface area contributed by atoms with E-state index in [9.17, 15) is 9.59 Å². The zero-order valence-electron chi connectivity index (χ0n) is 8.52. The molecule has 78 valence electrons. The summed E-state index contributed by atoms with van der Waals surface area (Å²) in [5.74, 6) is -1.67. The molecule has 0 saturated carbocycles. The molecule has 0 atom stereocenters. The first kappa shape index (κ1) is 11.1. The summed E-state index contributed by atoms with van der Waals surface area (Å²) in [5, 5.41) is 8.77. The Hall–Kier alpha value is -1.97. The number of pyridine rings is 1. The van der Waals surface area contributed by atoms with Gasteiger partial charge in [-0.1, -0.05) is 0 Å². The molecule has 1 N–H and O–H groups in total. The van der Waals surface area contributed by atoms with Crippen LogP contribution in [0.3, 0.4) is 0 Å². The van der Waals surface area contributed by atoms with Crippen LogP contribution < -0.4 is 0 Å². The van der Waals surface area contributed by atoms with E-state index in [4.69, 9.17) is 5.11 Å². The average Bonchev–Trinajstić information content (AvgIpc) is 2.13. The van der Waals surface area contributed by atoms with E-state index in [1.165, 1.54) is 13.0 Å². The fraction of sp³-hybridized carbons (Fsp3) is 0.182. The maximum absolute atomic E-state index is 11.0. The second kappa shape index (κ2) is 4.50. The van der Waals surface area contributed by atoms with Gasteiger partial charge in [0.25, 0.3) is 0 Å². The van der Waals surface area contributed by atoms with Gasteiger partial charge in [0.05, 0.1) is 0 Å². The lowest BCUT2D eigenvalue weighted by molar-refractivity contribution is -0.134. The topological polar surface area (TPSA) is 67.3 Å². The fourth-order valence-electron chi connectivity index (χ4n) is 1.14. The Bertz CT molecular complexity index is 419. The Morgan fingerprint density at radius 3 is 2.60 bits per heavy atom. The summed E-state index contributed by atoms with van der Waals surface area (Å²) in [6.07, 6.45) is 2.92. The molecule has 4 nitrogen and oxygen atoms in total. The van der Waals surface area contributed by atoms with Gasteiger partial charge < -0.3 is 5.11 Å². The summed E-state index contributed by atoms with van der Waals surface area (Å²) >= 11 is 0. The molecule has 0 aliphatic rings. The van der Waals surface area contributed by atoms with Crippen molar-refractivity contribution in [1.82, 2.24) is 4.98 Å². The third kappa shape index (κ3) is 3.02. The van der Waals surface area contributed by atoms with E-state index in [0.29, 0.717) is 5.56 Å². The summed E-state index contributed by atoms with van der Waals surface area (Å²) in [7, 11) is 0. The molecule has 0 fully saturated rings. The van der Waals surface area contributed by atoms with Crippen molar-refractivity contribution in [1.29, 1.82) is 0 Å². The zero-order valence-corrected chi connectivity index (χ0v) is 8.52. The monoisotopic (exact) mass is 205 g/mol. The molecule has 1 aromatic rings. The number of carbonyl (C=O) groups is 2. The van der Waals surface area contributed by atoms with Crippen molar-refractivity contribution >= 4 is 17.8 Å². The van der Waals surface area contributed by atoms with E-state index in [1.807, 2.05) is 0 Å². The third-order valence-corrected chi connectivity index (χ3v) is 1.84. The Kier molecular flexibility index (Phi) is 3.33. The summed E-state index contributed by atoms with van der Waals surface area (Å²) in [4.78, 5) is 25.7. The SMILES string of the molecule is CC(=O)C(=Cc1ccnc(C)c1)C(=O)O. The molecular formula is C11H11NO3. The van der Waals surface area contributed by atoms with Gasteiger partial charge in [-0.15, -0.1) is 0 Å². The van der Waals surface area contributed by atoms with E-state index in [2.05, 4.69) is 4.98 Å². The number of hydrogen-bond acceptors (Lipinski definition) is 3. The summed E-state index contributed by atoms with van der Waals surface area (Å²) in [5.41, 5.74) is 1.22. The van der Waals surface area contributed by atoms with Gasteiger partial charge in [0.1, 0.15) is 5.57 Å². The second-order valence-corrected chi connectivity index (χ2v) is 3.15. The van der Waals surface area contributed by atoms with E-state index < -0.39 is 11.8 Å². The van der Waals surface area contributed by atoms with Gasteiger partial charge in [-0.25, -0.2) is 4.79 Å². The molecule has 1 heterocycles. The number of Topliss-reactive ketones (excluding diaryl/α,β-unsaturated/α-hetero) is 1. The van der Waals surface area contributed by atoms with Crippen LogP contribution >= 0.6 is 0 Å². The number of carboxylic acids is 1. The van der Waals surface area contributed by atoms with Crippen LogP contribution in [-0.2, 0) is 9.59 Å². The first-order valence-corrected chi connectivity index (χ1v) is 4.39. The Labute approximate surface area is 87.3 Å². The van der Waals surface area contributed by atoms with Gasteiger partial charge in [-0.3, -0.25) is 9.78 Å². The van der Waals surface area contributed by atoms with Crippen molar-refractivity contribution in [3.8, 4) is 0 Å². The van der Waals surface area contributed by atoms with E-state index in [0.717, 1.165) is 5.69 Å². The zero-order chi connectivity index (χ0) is 11.4. The highest BCUT2D eigenvalue weighted by Gasteiger charge is 2.12. The molecule has 0 radical (unpaired) electrons. The third-order valence-electron chi connectivity index (χ3n) is 1.84. The summed E-state index contributed by atoms with van der Waals surface area (Å²) in [6, 6.07) is 3.37. The first-order valence-electron chi connectivity index (χ1n) is 4.39. The smallest absolute Gasteiger partial charge is 0.339 e. The molecule has 0 aliphatic carbocycles. The first-order chi connectivity index (χ1) is 7.00. The van der Waals surface area contributed by atoms with Crippen LogP contribution in [0, 0.1) is 6.92 Å². The van der Waals surface area contributed by atoms with Gasteiger partial charge >= 0.3 is 5.97 Å². The normalized spacial score (nSPS) is 11.2. The molecule has 0 aromatic carbocycles. The van der Waals surface area contributed by atoms with E-state index in [1.54, 1.807) is 25.3 Å². The lowest BCUT2D eigenvalue weighted by Crippen LogP contribution is -2.08. The molecular weight excluding hydrogens is 194 g/mol. The number of rotatable bonds is 3. The maximum Gasteiger partial charge on any atom is 0.339 e. The highest BCUT2D eigenvalue weighted by atomic mass is 16.4. The van der Waals surface area contributed by atoms with Crippen molar-refractivity contribution in [3.63, 3.8) is 0 Å². The molecule has 1 rings (SSSR count). The van der Waals surface area contributed by atoms with Crippen LogP contribution in [-0.4, -0.2) is 21.8 Å². The number of nitrogens with zero attached hydrogens (tertiary/aromatic N) is 1. The minimum atomic E-state index is -1.21. The number of carbonyl (C=O) groups excluding carboxylic acids is 1. The van der Waals surface area contributed by atoms with Crippen LogP contribution in [0.1, 0.15) is 18.2 Å². The fourth-order valence-corrected chi connectivity index (χ4v) is 1.14. The van der Waals surface area contributed by atoms with Gasteiger partial charge in [0, 0.05) is 11.9 Å². The van der Waals surface area contributed by atoms with Crippen molar-refractivity contribution in [2.24, 2.45) is 0 Å². The molecule has 0 amide bonds. The summed E-state index contributed by atoms with van der Waals surface area (Å²) in [6.45, 7) is 3.03. The second-order valence-electron chi connectivity index (χ2n) is 3.15. The number of aliphatic carboxylic acids is 1. The quantitative estimate of drug-likeness (QED) is 0.460. The number of hydrogen-bond donors (Lipinski definition) is 1. The Morgan fingerprint density at radius 2 is 2.13 bits per heavy atom. The van der Waals surface area contributed by atoms with Crippen LogP contribution in [0.2, 0.25) is 0 Å². The maximum atomic E-state index is 11.0. The average molecular weight is 205 g/mol. The van der Waals surface area contributed by atoms with E-state index in [-0.39, 0.29) is 5.57 Å². The van der Waals surface area contributed by atoms with Crippen LogP contribution in [0.5, 0.6) is 0 Å². The lowest BCUT2D eigenvalue weighted by atomic mass is 10.1. The molecule has 0 unspecified atom stereocenters. The lowest BCUT2D eigenvalue weighted by Gasteiger charge is -1.98. The largest absolute Gasteiger partial charge is 0.478 e. The Morgan fingerprint density at radius 1 is 1.47 bits per heavy atom. The molecule has 0 saturated heterocycles. The van der Waals surface area contributed by atoms with Gasteiger partial charge in [-0.05, 0) is 37.6 Å². The molecule has 0 spiro atoms. The molecule has 15 heavy (non-hydrogen) atoms. The molecule has 4 heteroatoms. The molecule has 1 aromatic heterocycles. The van der Waals surface area contributed by atoms with Gasteiger partial charge in [0.15, 0.2) is 5.78 Å². The van der Waals surface area contributed by atoms with Gasteiger partial charge in [-0.2, -0.15) is 0 Å². The minimum absolute atomic E-state index is 0.222. The molecule has 0 bridgehead atoms. The number of aryl methyl sites for hydroxylation is 1. The van der Waals surface area contributed by atoms with Crippen molar-refractivity contribution < 1.29 is 14.7 Å². The number of ketones is 1. The highest BCUT2D eigenvalue weighted by molar-refractivity contribution is 6.19. The van der Waals surface area contributed by atoms with E-state index >= 15 is 0 Å². The highest BCUT2D eigenvalue weighted by Crippen LogP contribution is 2.08. The van der Waals surface area contributed by atoms with Crippen LogP contribution in [0.4, 0.5) is 0 Å². The predicted octanol–water partition coefficient (Wildman–Crippen LogP) is 1.45. The standard InChI is InChI=1S/C11H11NO3/c1-7-5-9(3-4-12-7)6-10(8(2)13)11(14)15/h3-6H,1-2H3,(H,14,15). The Balaban J connectivity index is 3.13. The summed E-state index contributed by atoms with van der Waals surface area (Å²) < 4.78 is 0. The minimum Gasteiger partial charge on any atom is -0.478 e. The number of carboxylic acid groups (broad SMARTS) is 1. The number of aromatic nitrogens is 1. The molecule has 0 aliphatic heterocycles. The van der Waals surface area contributed by atoms with Crippen LogP contribution in [0.25, 0.3) is 6.08 Å². The van der Waals surface area contributed by atoms with Crippen molar-refractivity contribution in [3.05, 3.63) is 35.2 Å². The van der Waals surface area contributed by atoms with Gasteiger partial charge in [0.2, 0.25) is 0 Å². The van der Waals surface area contributed by atoms with Crippen molar-refractivity contribution in [2.75, 3.05) is 0 Å². The van der Waals surface area contributed by atoms with Crippen LogP contribution in [0.15, 0.2) is 23.9 Å². The van der Waals surface area contributed by atoms with Crippen molar-refractivity contribution in [2.45, 2.75) is 13.8 Å². The predicted molar refractivity (Wildman–Crippen MR) is 55.3 cm³/mol.